The van der Waals surface area contributed by atoms with Crippen molar-refractivity contribution in [3.8, 4) is 11.5 Å². The Bertz CT molecular complexity index is 1010. The minimum absolute atomic E-state index is 0. The normalized spacial score (nSPS) is 15.1. The molecule has 2 N–H and O–H groups in total. The summed E-state index contributed by atoms with van der Waals surface area (Å²) < 4.78 is 36.5. The number of ether oxygens (including phenoxy) is 1. The lowest BCUT2D eigenvalue weighted by molar-refractivity contribution is 0.311. The third kappa shape index (κ3) is 5.43. The maximum atomic E-state index is 12.8. The van der Waals surface area contributed by atoms with Crippen molar-refractivity contribution in [3.05, 3.63) is 52.0 Å². The Morgan fingerprint density at radius 2 is 1.87 bits per heavy atom. The standard InChI is InChI=1S/C19H21Cl2N3O4S.ClH/c1-27-19-15(13-6-8-24(9-7-13)12-23-22)10-14(20)11-17(19)28-29(25,26)18-5-3-2-4-16(18)21;/h2-5,10-13H,6-9,22H2,1H3;1H. The number of halogens is 3. The topological polar surface area (TPSA) is 94.2 Å². The average molecular weight is 495 g/mol. The van der Waals surface area contributed by atoms with Gasteiger partial charge in [-0.1, -0.05) is 35.3 Å². The Labute approximate surface area is 192 Å². The summed E-state index contributed by atoms with van der Waals surface area (Å²) in [6.07, 6.45) is 3.22. The molecule has 1 aliphatic rings. The van der Waals surface area contributed by atoms with Crippen LogP contribution in [-0.4, -0.2) is 39.9 Å². The van der Waals surface area contributed by atoms with Gasteiger partial charge < -0.3 is 19.7 Å². The van der Waals surface area contributed by atoms with Crippen LogP contribution in [0.1, 0.15) is 24.3 Å². The average Bonchev–Trinajstić information content (AvgIpc) is 2.68. The smallest absolute Gasteiger partial charge is 0.340 e. The first-order valence-electron chi connectivity index (χ1n) is 8.89. The van der Waals surface area contributed by atoms with Gasteiger partial charge in [-0.2, -0.15) is 13.5 Å². The maximum Gasteiger partial charge on any atom is 0.340 e. The van der Waals surface area contributed by atoms with E-state index in [4.69, 9.17) is 38.0 Å². The molecule has 3 rings (SSSR count). The number of hydrogen-bond donors (Lipinski definition) is 1. The molecule has 30 heavy (non-hydrogen) atoms. The largest absolute Gasteiger partial charge is 0.492 e. The van der Waals surface area contributed by atoms with Crippen LogP contribution in [0.5, 0.6) is 11.5 Å². The van der Waals surface area contributed by atoms with Crippen molar-refractivity contribution in [1.82, 2.24) is 4.90 Å². The van der Waals surface area contributed by atoms with Gasteiger partial charge in [-0.05, 0) is 37.0 Å². The van der Waals surface area contributed by atoms with E-state index in [0.717, 1.165) is 31.5 Å². The van der Waals surface area contributed by atoms with Crippen molar-refractivity contribution >= 4 is 52.1 Å². The number of hydrogen-bond acceptors (Lipinski definition) is 6. The first-order valence-corrected chi connectivity index (χ1v) is 11.1. The van der Waals surface area contributed by atoms with Gasteiger partial charge in [0.2, 0.25) is 0 Å². The van der Waals surface area contributed by atoms with Crippen LogP contribution in [0.3, 0.4) is 0 Å². The summed E-state index contributed by atoms with van der Waals surface area (Å²) >= 11 is 12.3. The SMILES string of the molecule is COc1c(OS(=O)(=O)c2ccccc2Cl)cc(Cl)cc1C1CCN(C=NN)CC1.Cl. The Hall–Kier alpha value is -1.87. The van der Waals surface area contributed by atoms with E-state index in [0.29, 0.717) is 10.8 Å². The molecule has 11 heteroatoms. The predicted octanol–water partition coefficient (Wildman–Crippen LogP) is 4.27. The molecular weight excluding hydrogens is 473 g/mol. The van der Waals surface area contributed by atoms with E-state index in [1.165, 1.54) is 25.3 Å². The van der Waals surface area contributed by atoms with Gasteiger partial charge in [0.25, 0.3) is 0 Å². The van der Waals surface area contributed by atoms with Crippen LogP contribution in [0.4, 0.5) is 0 Å². The first-order chi connectivity index (χ1) is 13.9. The monoisotopic (exact) mass is 493 g/mol. The van der Waals surface area contributed by atoms with Gasteiger partial charge in [-0.25, -0.2) is 0 Å². The molecule has 7 nitrogen and oxygen atoms in total. The molecular formula is C19H22Cl3N3O4S. The van der Waals surface area contributed by atoms with Crippen LogP contribution in [-0.2, 0) is 10.1 Å². The van der Waals surface area contributed by atoms with Crippen LogP contribution in [0.15, 0.2) is 46.4 Å². The Morgan fingerprint density at radius 1 is 1.20 bits per heavy atom. The molecule has 1 aliphatic heterocycles. The van der Waals surface area contributed by atoms with Crippen LogP contribution >= 0.6 is 35.6 Å². The van der Waals surface area contributed by atoms with Gasteiger partial charge in [-0.15, -0.1) is 12.4 Å². The highest BCUT2D eigenvalue weighted by Crippen LogP contribution is 2.43. The highest BCUT2D eigenvalue weighted by atomic mass is 35.5. The first kappa shape index (κ1) is 24.4. The fourth-order valence-corrected chi connectivity index (χ4v) is 5.04. The lowest BCUT2D eigenvalue weighted by atomic mass is 9.88. The summed E-state index contributed by atoms with van der Waals surface area (Å²) in [5.74, 6) is 5.71. The molecule has 2 aromatic rings. The summed E-state index contributed by atoms with van der Waals surface area (Å²) in [6, 6.07) is 9.28. The molecule has 1 heterocycles. The number of piperidine rings is 1. The third-order valence-electron chi connectivity index (χ3n) is 4.76. The number of nitrogens with zero attached hydrogens (tertiary/aromatic N) is 2. The second-order valence-electron chi connectivity index (χ2n) is 6.57. The fourth-order valence-electron chi connectivity index (χ4n) is 3.40. The molecule has 0 amide bonds. The highest BCUT2D eigenvalue weighted by Gasteiger charge is 2.28. The van der Waals surface area contributed by atoms with Gasteiger partial charge in [-0.3, -0.25) is 0 Å². The van der Waals surface area contributed by atoms with Crippen LogP contribution < -0.4 is 14.8 Å². The van der Waals surface area contributed by atoms with Crippen molar-refractivity contribution in [2.75, 3.05) is 20.2 Å². The summed E-state index contributed by atoms with van der Waals surface area (Å²) in [4.78, 5) is 1.90. The van der Waals surface area contributed by atoms with Gasteiger partial charge in [0.1, 0.15) is 11.2 Å². The van der Waals surface area contributed by atoms with E-state index < -0.39 is 10.1 Å². The van der Waals surface area contributed by atoms with Crippen molar-refractivity contribution in [2.24, 2.45) is 10.9 Å². The molecule has 0 atom stereocenters. The predicted molar refractivity (Wildman–Crippen MR) is 121 cm³/mol. The highest BCUT2D eigenvalue weighted by molar-refractivity contribution is 7.87. The van der Waals surface area contributed by atoms with E-state index >= 15 is 0 Å². The van der Waals surface area contributed by atoms with E-state index in [-0.39, 0.29) is 34.0 Å². The van der Waals surface area contributed by atoms with E-state index in [9.17, 15) is 8.42 Å². The number of likely N-dealkylation sites (tertiary alicyclic amines) is 1. The number of benzene rings is 2. The molecule has 0 bridgehead atoms. The second-order valence-corrected chi connectivity index (χ2v) is 8.93. The third-order valence-corrected chi connectivity index (χ3v) is 6.71. The van der Waals surface area contributed by atoms with Crippen molar-refractivity contribution < 1.29 is 17.3 Å². The van der Waals surface area contributed by atoms with Crippen LogP contribution in [0, 0.1) is 0 Å². The summed E-state index contributed by atoms with van der Waals surface area (Å²) in [6.45, 7) is 1.52. The molecule has 0 spiro atoms. The molecule has 0 saturated carbocycles. The minimum atomic E-state index is -4.17. The zero-order chi connectivity index (χ0) is 21.0. The Kier molecular flexibility index (Phi) is 8.49. The molecule has 1 fully saturated rings. The molecule has 1 saturated heterocycles. The van der Waals surface area contributed by atoms with E-state index in [2.05, 4.69) is 5.10 Å². The lowest BCUT2D eigenvalue weighted by Crippen LogP contribution is -2.32. The zero-order valence-corrected chi connectivity index (χ0v) is 19.3. The number of methoxy groups -OCH3 is 1. The van der Waals surface area contributed by atoms with Gasteiger partial charge >= 0.3 is 10.1 Å². The Morgan fingerprint density at radius 3 is 2.47 bits per heavy atom. The van der Waals surface area contributed by atoms with Crippen molar-refractivity contribution in [1.29, 1.82) is 0 Å². The number of nitrogens with two attached hydrogens (primary N) is 1. The fraction of sp³-hybridized carbons (Fsp3) is 0.316. The van der Waals surface area contributed by atoms with Crippen LogP contribution in [0.2, 0.25) is 10.0 Å². The molecule has 2 aromatic carbocycles. The summed E-state index contributed by atoms with van der Waals surface area (Å²) in [7, 11) is -2.70. The molecule has 0 aromatic heterocycles. The lowest BCUT2D eigenvalue weighted by Gasteiger charge is -2.31. The molecule has 164 valence electrons. The van der Waals surface area contributed by atoms with E-state index in [1.54, 1.807) is 24.5 Å². The van der Waals surface area contributed by atoms with Gasteiger partial charge in [0, 0.05) is 29.7 Å². The summed E-state index contributed by atoms with van der Waals surface area (Å²) in [5.41, 5.74) is 0.800. The summed E-state index contributed by atoms with van der Waals surface area (Å²) in [5, 5.41) is 3.98. The minimum Gasteiger partial charge on any atom is -0.492 e. The van der Waals surface area contributed by atoms with E-state index in [1.807, 2.05) is 4.90 Å². The van der Waals surface area contributed by atoms with Crippen molar-refractivity contribution in [2.45, 2.75) is 23.7 Å². The number of rotatable bonds is 6. The zero-order valence-electron chi connectivity index (χ0n) is 16.1. The van der Waals surface area contributed by atoms with Gasteiger partial charge in [0.15, 0.2) is 11.5 Å². The maximum absolute atomic E-state index is 12.8. The van der Waals surface area contributed by atoms with Crippen LogP contribution in [0.25, 0.3) is 0 Å². The second kappa shape index (κ2) is 10.4. The Balaban J connectivity index is 0.00000320. The molecule has 0 radical (unpaired) electrons. The molecule has 0 unspecified atom stereocenters. The quantitative estimate of drug-likeness (QED) is 0.212. The van der Waals surface area contributed by atoms with Crippen molar-refractivity contribution in [3.63, 3.8) is 0 Å². The molecule has 0 aliphatic carbocycles. The number of hydrazone groups is 1. The van der Waals surface area contributed by atoms with Gasteiger partial charge in [0.05, 0.1) is 12.1 Å².